The first kappa shape index (κ1) is 9.00. The molecular formula is C9H11NOS. The van der Waals surface area contributed by atoms with Gasteiger partial charge in [0.2, 0.25) is 0 Å². The molecule has 0 unspecified atom stereocenters. The number of nitrogens with two attached hydrogens (primary N) is 1. The second kappa shape index (κ2) is 4.07. The Morgan fingerprint density at radius 1 is 1.50 bits per heavy atom. The summed E-state index contributed by atoms with van der Waals surface area (Å²) < 4.78 is 5.16. The zero-order valence-electron chi connectivity index (χ0n) is 6.91. The Labute approximate surface area is 77.3 Å². The topological polar surface area (TPSA) is 35.2 Å². The highest BCUT2D eigenvalue weighted by Gasteiger charge is 2.03. The van der Waals surface area contributed by atoms with Crippen LogP contribution in [0, 0.1) is 0 Å². The molecule has 0 heterocycles. The van der Waals surface area contributed by atoms with Crippen molar-refractivity contribution >= 4 is 23.0 Å². The summed E-state index contributed by atoms with van der Waals surface area (Å²) >= 11 is 5.00. The van der Waals surface area contributed by atoms with Gasteiger partial charge in [-0.05, 0) is 31.3 Å². The number of benzene rings is 1. The lowest BCUT2D eigenvalue weighted by Crippen LogP contribution is -2.06. The molecule has 2 nitrogen and oxygen atoms in total. The van der Waals surface area contributed by atoms with Gasteiger partial charge in [0.1, 0.15) is 0 Å². The van der Waals surface area contributed by atoms with Crippen molar-refractivity contribution in [3.05, 3.63) is 29.8 Å². The van der Waals surface area contributed by atoms with Crippen LogP contribution in [0.15, 0.2) is 24.3 Å². The molecule has 0 atom stereocenters. The van der Waals surface area contributed by atoms with Crippen LogP contribution in [0.3, 0.4) is 0 Å². The molecule has 0 saturated heterocycles. The maximum Gasteiger partial charge on any atom is 0.193 e. The third-order valence-corrected chi connectivity index (χ3v) is 1.79. The number of para-hydroxylation sites is 1. The molecule has 64 valence electrons. The minimum atomic E-state index is 0.468. The maximum atomic E-state index is 5.68. The van der Waals surface area contributed by atoms with Gasteiger partial charge in [0.25, 0.3) is 0 Å². The Hall–Kier alpha value is -1.09. The van der Waals surface area contributed by atoms with Crippen molar-refractivity contribution < 1.29 is 4.74 Å². The number of hydrogen-bond acceptors (Lipinski definition) is 3. The number of rotatable bonds is 2. The molecular weight excluding hydrogens is 170 g/mol. The highest BCUT2D eigenvalue weighted by molar-refractivity contribution is 7.80. The molecule has 0 bridgehead atoms. The molecule has 0 radical (unpaired) electrons. The molecule has 0 spiro atoms. The molecule has 0 fully saturated rings. The predicted molar refractivity (Wildman–Crippen MR) is 54.2 cm³/mol. The second-order valence-corrected chi connectivity index (χ2v) is 2.68. The highest BCUT2D eigenvalue weighted by Crippen LogP contribution is 2.12. The average molecular weight is 181 g/mol. The predicted octanol–water partition coefficient (Wildman–Crippen LogP) is 1.98. The van der Waals surface area contributed by atoms with Crippen LogP contribution in [0.25, 0.3) is 0 Å². The van der Waals surface area contributed by atoms with Gasteiger partial charge in [0, 0.05) is 5.69 Å². The molecule has 3 heteroatoms. The van der Waals surface area contributed by atoms with Crippen molar-refractivity contribution in [2.75, 3.05) is 12.3 Å². The van der Waals surface area contributed by atoms with Crippen LogP contribution in [-0.2, 0) is 4.74 Å². The summed E-state index contributed by atoms with van der Waals surface area (Å²) in [5.41, 5.74) is 7.15. The fourth-order valence-electron chi connectivity index (χ4n) is 0.892. The number of hydrogen-bond donors (Lipinski definition) is 1. The minimum Gasteiger partial charge on any atom is -0.483 e. The first-order valence-corrected chi connectivity index (χ1v) is 4.18. The van der Waals surface area contributed by atoms with Gasteiger partial charge in [0.15, 0.2) is 5.05 Å². The standard InChI is InChI=1S/C9H11NOS/c1-2-11-9(12)7-5-3-4-6-8(7)10/h3-6H,2,10H2,1H3. The molecule has 0 saturated carbocycles. The molecule has 0 aliphatic rings. The number of nitrogen functional groups attached to an aromatic ring is 1. The van der Waals surface area contributed by atoms with Crippen molar-refractivity contribution in [3.63, 3.8) is 0 Å². The first-order chi connectivity index (χ1) is 5.75. The quantitative estimate of drug-likeness (QED) is 0.559. The molecule has 0 aliphatic carbocycles. The fourth-order valence-corrected chi connectivity index (χ4v) is 1.20. The summed E-state index contributed by atoms with van der Waals surface area (Å²) in [5, 5.41) is 0.468. The minimum absolute atomic E-state index is 0.468. The van der Waals surface area contributed by atoms with Gasteiger partial charge in [-0.3, -0.25) is 0 Å². The Morgan fingerprint density at radius 3 is 2.75 bits per heavy atom. The lowest BCUT2D eigenvalue weighted by Gasteiger charge is -2.06. The third kappa shape index (κ3) is 1.95. The molecule has 2 N–H and O–H groups in total. The Morgan fingerprint density at radius 2 is 2.17 bits per heavy atom. The smallest absolute Gasteiger partial charge is 0.193 e. The van der Waals surface area contributed by atoms with E-state index in [1.54, 1.807) is 6.07 Å². The van der Waals surface area contributed by atoms with Crippen LogP contribution in [0.2, 0.25) is 0 Å². The van der Waals surface area contributed by atoms with E-state index < -0.39 is 0 Å². The van der Waals surface area contributed by atoms with E-state index >= 15 is 0 Å². The SMILES string of the molecule is CCOC(=S)c1ccccc1N. The molecule has 1 rings (SSSR count). The van der Waals surface area contributed by atoms with Crippen molar-refractivity contribution in [1.29, 1.82) is 0 Å². The lowest BCUT2D eigenvalue weighted by atomic mass is 10.2. The third-order valence-electron chi connectivity index (χ3n) is 1.46. The van der Waals surface area contributed by atoms with E-state index in [4.69, 9.17) is 22.7 Å². The molecule has 1 aromatic carbocycles. The summed E-state index contributed by atoms with van der Waals surface area (Å²) in [6.07, 6.45) is 0. The van der Waals surface area contributed by atoms with Crippen molar-refractivity contribution in [2.45, 2.75) is 6.92 Å². The van der Waals surface area contributed by atoms with Crippen LogP contribution in [0.4, 0.5) is 5.69 Å². The van der Waals surface area contributed by atoms with Gasteiger partial charge in [-0.25, -0.2) is 0 Å². The van der Waals surface area contributed by atoms with E-state index in [-0.39, 0.29) is 0 Å². The maximum absolute atomic E-state index is 5.68. The van der Waals surface area contributed by atoms with E-state index in [1.807, 2.05) is 25.1 Å². The highest BCUT2D eigenvalue weighted by atomic mass is 32.1. The van der Waals surface area contributed by atoms with Gasteiger partial charge in [-0.2, -0.15) is 0 Å². The van der Waals surface area contributed by atoms with E-state index in [2.05, 4.69) is 0 Å². The van der Waals surface area contributed by atoms with Crippen molar-refractivity contribution in [1.82, 2.24) is 0 Å². The number of anilines is 1. The lowest BCUT2D eigenvalue weighted by molar-refractivity contribution is 0.338. The van der Waals surface area contributed by atoms with E-state index in [1.165, 1.54) is 0 Å². The zero-order valence-corrected chi connectivity index (χ0v) is 7.73. The Kier molecular flexibility index (Phi) is 3.05. The van der Waals surface area contributed by atoms with E-state index in [0.29, 0.717) is 17.3 Å². The summed E-state index contributed by atoms with van der Waals surface area (Å²) in [6, 6.07) is 7.42. The van der Waals surface area contributed by atoms with Crippen LogP contribution in [0.5, 0.6) is 0 Å². The fraction of sp³-hybridized carbons (Fsp3) is 0.222. The monoisotopic (exact) mass is 181 g/mol. The number of thiocarbonyl (C=S) groups is 1. The van der Waals surface area contributed by atoms with Gasteiger partial charge in [-0.15, -0.1) is 0 Å². The van der Waals surface area contributed by atoms with E-state index in [9.17, 15) is 0 Å². The van der Waals surface area contributed by atoms with Gasteiger partial charge >= 0.3 is 0 Å². The van der Waals surface area contributed by atoms with Crippen LogP contribution in [-0.4, -0.2) is 11.7 Å². The summed E-state index contributed by atoms with van der Waals surface area (Å²) in [7, 11) is 0. The Balaban J connectivity index is 2.87. The van der Waals surface area contributed by atoms with Gasteiger partial charge in [-0.1, -0.05) is 12.1 Å². The summed E-state index contributed by atoms with van der Waals surface area (Å²) in [4.78, 5) is 0. The summed E-state index contributed by atoms with van der Waals surface area (Å²) in [5.74, 6) is 0. The normalized spacial score (nSPS) is 9.42. The van der Waals surface area contributed by atoms with Crippen LogP contribution in [0.1, 0.15) is 12.5 Å². The molecule has 0 amide bonds. The van der Waals surface area contributed by atoms with E-state index in [0.717, 1.165) is 5.56 Å². The Bertz CT molecular complexity index is 286. The largest absolute Gasteiger partial charge is 0.483 e. The number of ether oxygens (including phenoxy) is 1. The van der Waals surface area contributed by atoms with Gasteiger partial charge in [0.05, 0.1) is 12.2 Å². The summed E-state index contributed by atoms with van der Waals surface area (Å²) in [6.45, 7) is 2.47. The molecule has 1 aromatic rings. The molecule has 12 heavy (non-hydrogen) atoms. The second-order valence-electron chi connectivity index (χ2n) is 2.31. The van der Waals surface area contributed by atoms with Crippen molar-refractivity contribution in [3.8, 4) is 0 Å². The van der Waals surface area contributed by atoms with Gasteiger partial charge < -0.3 is 10.5 Å². The molecule has 0 aliphatic heterocycles. The molecule has 0 aromatic heterocycles. The average Bonchev–Trinajstić information content (AvgIpc) is 2.05. The van der Waals surface area contributed by atoms with Crippen LogP contribution < -0.4 is 5.73 Å². The zero-order chi connectivity index (χ0) is 8.97. The first-order valence-electron chi connectivity index (χ1n) is 3.77. The van der Waals surface area contributed by atoms with Crippen LogP contribution >= 0.6 is 12.2 Å². The van der Waals surface area contributed by atoms with Crippen molar-refractivity contribution in [2.24, 2.45) is 0 Å².